The fourth-order valence-electron chi connectivity index (χ4n) is 2.80. The lowest BCUT2D eigenvalue weighted by molar-refractivity contribution is 0.102. The Labute approximate surface area is 172 Å². The fraction of sp³-hybridized carbons (Fsp3) is 0.238. The Kier molecular flexibility index (Phi) is 5.53. The van der Waals surface area contributed by atoms with Gasteiger partial charge in [-0.3, -0.25) is 4.79 Å². The summed E-state index contributed by atoms with van der Waals surface area (Å²) in [4.78, 5) is 13.3. The zero-order chi connectivity index (χ0) is 20.2. The van der Waals surface area contributed by atoms with Crippen molar-refractivity contribution in [1.29, 1.82) is 0 Å². The van der Waals surface area contributed by atoms with Gasteiger partial charge >= 0.3 is 0 Å². The Morgan fingerprint density at radius 1 is 1.17 bits per heavy atom. The van der Waals surface area contributed by atoms with Crippen molar-refractivity contribution < 1.29 is 9.53 Å². The molecule has 2 aromatic carbocycles. The average molecular weight is 407 g/mol. The largest absolute Gasteiger partial charge is 0.494 e. The van der Waals surface area contributed by atoms with Crippen molar-refractivity contribution in [3.05, 3.63) is 59.9 Å². The molecule has 0 radical (unpaired) electrons. The number of ether oxygens (including phenoxy) is 1. The smallest absolute Gasteiger partial charge is 0.255 e. The Hall–Kier alpha value is -3.26. The van der Waals surface area contributed by atoms with Crippen LogP contribution in [0.25, 0.3) is 15.5 Å². The molecule has 1 N–H and O–H groups in total. The fourth-order valence-corrected chi connectivity index (χ4v) is 3.68. The second-order valence-electron chi connectivity index (χ2n) is 6.61. The monoisotopic (exact) mass is 407 g/mol. The van der Waals surface area contributed by atoms with Crippen LogP contribution in [0.15, 0.2) is 48.5 Å². The predicted octanol–water partition coefficient (Wildman–Crippen LogP) is 4.59. The lowest BCUT2D eigenvalue weighted by Crippen LogP contribution is -2.11. The second-order valence-corrected chi connectivity index (χ2v) is 7.57. The number of aryl methyl sites for hydroxylation is 1. The summed E-state index contributed by atoms with van der Waals surface area (Å²) >= 11 is 1.46. The van der Waals surface area contributed by atoms with Crippen LogP contribution in [0.3, 0.4) is 0 Å². The highest BCUT2D eigenvalue weighted by atomic mass is 32.1. The van der Waals surface area contributed by atoms with E-state index in [2.05, 4.69) is 27.5 Å². The second kappa shape index (κ2) is 8.40. The number of hydrogen-bond donors (Lipinski definition) is 1. The number of unbranched alkanes of at least 4 members (excludes halogenated alkanes) is 1. The number of nitrogens with one attached hydrogen (secondary N) is 1. The standard InChI is InChI=1S/C21H21N5O2S/c1-3-4-12-28-18-10-8-15(9-11-18)19(27)22-17-7-5-6-16(13-17)20-25-26-14(2)23-24-21(26)29-20/h5-11,13H,3-4,12H2,1-2H3,(H,22,27). The van der Waals surface area contributed by atoms with E-state index in [0.29, 0.717) is 17.9 Å². The van der Waals surface area contributed by atoms with Crippen LogP contribution in [0.1, 0.15) is 35.9 Å². The van der Waals surface area contributed by atoms with E-state index in [-0.39, 0.29) is 5.91 Å². The first-order valence-electron chi connectivity index (χ1n) is 9.47. The Morgan fingerprint density at radius 2 is 2.00 bits per heavy atom. The summed E-state index contributed by atoms with van der Waals surface area (Å²) in [7, 11) is 0. The Bertz CT molecular complexity index is 1130. The summed E-state index contributed by atoms with van der Waals surface area (Å²) in [6.45, 7) is 4.67. The molecule has 0 aliphatic rings. The number of aromatic nitrogens is 4. The first-order valence-corrected chi connectivity index (χ1v) is 10.3. The summed E-state index contributed by atoms with van der Waals surface area (Å²) in [5.41, 5.74) is 2.20. The van der Waals surface area contributed by atoms with Gasteiger partial charge in [-0.2, -0.15) is 9.61 Å². The highest BCUT2D eigenvalue weighted by molar-refractivity contribution is 7.19. The van der Waals surface area contributed by atoms with Gasteiger partial charge in [0.15, 0.2) is 5.82 Å². The van der Waals surface area contributed by atoms with Gasteiger partial charge in [0.25, 0.3) is 5.91 Å². The number of carbonyl (C=O) groups is 1. The molecule has 0 aliphatic heterocycles. The number of anilines is 1. The van der Waals surface area contributed by atoms with Gasteiger partial charge in [0.2, 0.25) is 4.96 Å². The molecule has 0 bridgehead atoms. The third-order valence-electron chi connectivity index (χ3n) is 4.40. The Balaban J connectivity index is 1.46. The third kappa shape index (κ3) is 4.27. The van der Waals surface area contributed by atoms with Gasteiger partial charge in [-0.05, 0) is 49.7 Å². The number of carbonyl (C=O) groups excluding carboxylic acids is 1. The molecule has 2 heterocycles. The van der Waals surface area contributed by atoms with E-state index in [0.717, 1.165) is 39.9 Å². The maximum atomic E-state index is 12.6. The van der Waals surface area contributed by atoms with E-state index in [1.165, 1.54) is 11.3 Å². The molecule has 4 aromatic rings. The van der Waals surface area contributed by atoms with Crippen molar-refractivity contribution >= 4 is 27.9 Å². The van der Waals surface area contributed by atoms with Crippen LogP contribution in [0, 0.1) is 6.92 Å². The van der Waals surface area contributed by atoms with Crippen molar-refractivity contribution in [1.82, 2.24) is 19.8 Å². The molecule has 0 atom stereocenters. The van der Waals surface area contributed by atoms with E-state index in [1.807, 2.05) is 43.3 Å². The van der Waals surface area contributed by atoms with Gasteiger partial charge in [-0.15, -0.1) is 10.2 Å². The maximum Gasteiger partial charge on any atom is 0.255 e. The summed E-state index contributed by atoms with van der Waals surface area (Å²) in [6.07, 6.45) is 2.10. The van der Waals surface area contributed by atoms with Gasteiger partial charge in [0.05, 0.1) is 6.61 Å². The van der Waals surface area contributed by atoms with Gasteiger partial charge < -0.3 is 10.1 Å². The molecule has 4 rings (SSSR count). The van der Waals surface area contributed by atoms with Gasteiger partial charge in [-0.1, -0.05) is 36.8 Å². The zero-order valence-corrected chi connectivity index (χ0v) is 17.1. The Morgan fingerprint density at radius 3 is 2.76 bits per heavy atom. The molecule has 7 nitrogen and oxygen atoms in total. The van der Waals surface area contributed by atoms with Crippen molar-refractivity contribution in [2.75, 3.05) is 11.9 Å². The highest BCUT2D eigenvalue weighted by Gasteiger charge is 2.12. The van der Waals surface area contributed by atoms with Crippen LogP contribution >= 0.6 is 11.3 Å². The molecule has 29 heavy (non-hydrogen) atoms. The molecule has 8 heteroatoms. The normalized spacial score (nSPS) is 11.0. The van der Waals surface area contributed by atoms with Crippen LogP contribution in [-0.4, -0.2) is 32.3 Å². The minimum Gasteiger partial charge on any atom is -0.494 e. The first-order chi connectivity index (χ1) is 14.1. The number of nitrogens with zero attached hydrogens (tertiary/aromatic N) is 4. The molecule has 0 saturated carbocycles. The van der Waals surface area contributed by atoms with Crippen molar-refractivity contribution in [2.24, 2.45) is 0 Å². The molecule has 148 valence electrons. The van der Waals surface area contributed by atoms with Crippen LogP contribution in [0.4, 0.5) is 5.69 Å². The van der Waals surface area contributed by atoms with Gasteiger partial charge in [0, 0.05) is 16.8 Å². The SMILES string of the molecule is CCCCOc1ccc(C(=O)Nc2cccc(-c3nn4c(C)nnc4s3)c2)cc1. The number of rotatable bonds is 7. The molecular weight excluding hydrogens is 386 g/mol. The van der Waals surface area contributed by atoms with Crippen LogP contribution in [0.5, 0.6) is 5.75 Å². The zero-order valence-electron chi connectivity index (χ0n) is 16.3. The van der Waals surface area contributed by atoms with E-state index >= 15 is 0 Å². The van der Waals surface area contributed by atoms with Crippen molar-refractivity contribution in [3.63, 3.8) is 0 Å². The van der Waals surface area contributed by atoms with Crippen molar-refractivity contribution in [2.45, 2.75) is 26.7 Å². The van der Waals surface area contributed by atoms with E-state index in [1.54, 1.807) is 16.6 Å². The summed E-state index contributed by atoms with van der Waals surface area (Å²) in [5, 5.41) is 16.4. The lowest BCUT2D eigenvalue weighted by atomic mass is 10.1. The quantitative estimate of drug-likeness (QED) is 0.453. The lowest BCUT2D eigenvalue weighted by Gasteiger charge is -2.08. The van der Waals surface area contributed by atoms with Crippen LogP contribution in [-0.2, 0) is 0 Å². The average Bonchev–Trinajstić information content (AvgIpc) is 3.31. The molecule has 0 aliphatic carbocycles. The molecule has 0 unspecified atom stereocenters. The van der Waals surface area contributed by atoms with E-state index in [4.69, 9.17) is 4.74 Å². The summed E-state index contributed by atoms with van der Waals surface area (Å²) in [6, 6.07) is 14.8. The minimum absolute atomic E-state index is 0.170. The first kappa shape index (κ1) is 19.1. The summed E-state index contributed by atoms with van der Waals surface area (Å²) in [5.74, 6) is 1.35. The molecule has 0 spiro atoms. The summed E-state index contributed by atoms with van der Waals surface area (Å²) < 4.78 is 7.36. The predicted molar refractivity (Wildman–Crippen MR) is 114 cm³/mol. The topological polar surface area (TPSA) is 81.4 Å². The number of amides is 1. The third-order valence-corrected chi connectivity index (χ3v) is 5.35. The molecule has 0 saturated heterocycles. The highest BCUT2D eigenvalue weighted by Crippen LogP contribution is 2.27. The van der Waals surface area contributed by atoms with Crippen LogP contribution < -0.4 is 10.1 Å². The molecular formula is C21H21N5O2S. The van der Waals surface area contributed by atoms with Crippen LogP contribution in [0.2, 0.25) is 0 Å². The molecule has 2 aromatic heterocycles. The number of benzene rings is 2. The van der Waals surface area contributed by atoms with Gasteiger partial charge in [0.1, 0.15) is 10.8 Å². The van der Waals surface area contributed by atoms with E-state index in [9.17, 15) is 4.79 Å². The maximum absolute atomic E-state index is 12.6. The number of hydrogen-bond acceptors (Lipinski definition) is 6. The number of fused-ring (bicyclic) bond motifs is 1. The molecule has 1 amide bonds. The molecule has 0 fully saturated rings. The van der Waals surface area contributed by atoms with Gasteiger partial charge in [-0.25, -0.2) is 0 Å². The van der Waals surface area contributed by atoms with Crippen molar-refractivity contribution in [3.8, 4) is 16.3 Å². The minimum atomic E-state index is -0.170. The van der Waals surface area contributed by atoms with E-state index < -0.39 is 0 Å².